The number of carbonyl (C=O) groups excluding carboxylic acids is 1. The van der Waals surface area contributed by atoms with Crippen LogP contribution in [0.5, 0.6) is 0 Å². The molecule has 6 nitrogen and oxygen atoms in total. The Balaban J connectivity index is 1.17. The standard InChI is InChI=1S/C30H33FN4O2S/c31-24-6-4-20(5-7-24)21-8-12-34(13-9-21)16-23-17-35(18-26(23)22-11-15-38-19-22)30(37)25-2-1-3-27-29(25)33-28(32-27)10-14-36/h1-7,11,15,19,21,23,26,36H,8-10,12-14,16-18H2,(H,32,33)/t23-,26+/m1/s1. The van der Waals surface area contributed by atoms with Gasteiger partial charge in [0, 0.05) is 32.0 Å². The number of nitrogens with one attached hydrogen (secondary N) is 1. The van der Waals surface area contributed by atoms with Crippen molar-refractivity contribution in [2.45, 2.75) is 31.1 Å². The van der Waals surface area contributed by atoms with Gasteiger partial charge in [-0.2, -0.15) is 11.3 Å². The summed E-state index contributed by atoms with van der Waals surface area (Å²) in [6, 6.07) is 14.9. The number of imidazole rings is 1. The van der Waals surface area contributed by atoms with Gasteiger partial charge in [0.25, 0.3) is 5.91 Å². The number of hydrogen-bond donors (Lipinski definition) is 2. The second kappa shape index (κ2) is 11.0. The summed E-state index contributed by atoms with van der Waals surface area (Å²) in [5, 5.41) is 13.7. The predicted octanol–water partition coefficient (Wildman–Crippen LogP) is 5.03. The number of piperidine rings is 1. The minimum absolute atomic E-state index is 0.0143. The Morgan fingerprint density at radius 3 is 2.63 bits per heavy atom. The van der Waals surface area contributed by atoms with Crippen LogP contribution in [0.3, 0.4) is 0 Å². The molecule has 4 aromatic rings. The number of aromatic nitrogens is 2. The maximum atomic E-state index is 13.8. The molecular formula is C30H33FN4O2S. The largest absolute Gasteiger partial charge is 0.396 e. The van der Waals surface area contributed by atoms with E-state index in [-0.39, 0.29) is 18.3 Å². The Morgan fingerprint density at radius 1 is 1.08 bits per heavy atom. The van der Waals surface area contributed by atoms with E-state index in [0.29, 0.717) is 47.6 Å². The van der Waals surface area contributed by atoms with Gasteiger partial charge in [0.1, 0.15) is 17.2 Å². The number of aliphatic hydroxyl groups excluding tert-OH is 1. The lowest BCUT2D eigenvalue weighted by Crippen LogP contribution is -2.38. The number of carbonyl (C=O) groups is 1. The van der Waals surface area contributed by atoms with Gasteiger partial charge in [-0.3, -0.25) is 4.79 Å². The van der Waals surface area contributed by atoms with Gasteiger partial charge in [0.05, 0.1) is 17.7 Å². The van der Waals surface area contributed by atoms with Crippen LogP contribution in [0, 0.1) is 11.7 Å². The number of fused-ring (bicyclic) bond motifs is 1. The Morgan fingerprint density at radius 2 is 1.89 bits per heavy atom. The Kier molecular flexibility index (Phi) is 7.28. The minimum Gasteiger partial charge on any atom is -0.396 e. The van der Waals surface area contributed by atoms with Gasteiger partial charge in [-0.25, -0.2) is 9.37 Å². The molecule has 1 amide bonds. The average molecular weight is 533 g/mol. The van der Waals surface area contributed by atoms with Crippen LogP contribution in [0.2, 0.25) is 0 Å². The molecule has 0 aliphatic carbocycles. The maximum absolute atomic E-state index is 13.8. The number of likely N-dealkylation sites (tertiary alicyclic amines) is 2. The molecule has 2 N–H and O–H groups in total. The van der Waals surface area contributed by atoms with Crippen molar-refractivity contribution in [1.82, 2.24) is 19.8 Å². The van der Waals surface area contributed by atoms with Crippen molar-refractivity contribution in [3.8, 4) is 0 Å². The first kappa shape index (κ1) is 25.2. The van der Waals surface area contributed by atoms with E-state index in [4.69, 9.17) is 0 Å². The first-order chi connectivity index (χ1) is 18.6. The van der Waals surface area contributed by atoms with Crippen LogP contribution in [0.15, 0.2) is 59.3 Å². The molecule has 0 saturated carbocycles. The first-order valence-electron chi connectivity index (χ1n) is 13.5. The van der Waals surface area contributed by atoms with E-state index in [1.54, 1.807) is 23.5 Å². The zero-order chi connectivity index (χ0) is 26.1. The van der Waals surface area contributed by atoms with Gasteiger partial charge in [-0.15, -0.1) is 0 Å². The Labute approximate surface area is 226 Å². The fraction of sp³-hybridized carbons (Fsp3) is 0.400. The second-order valence-corrected chi connectivity index (χ2v) is 11.4. The Hall–Kier alpha value is -3.07. The van der Waals surface area contributed by atoms with Crippen molar-refractivity contribution < 1.29 is 14.3 Å². The van der Waals surface area contributed by atoms with Crippen molar-refractivity contribution in [3.63, 3.8) is 0 Å². The summed E-state index contributed by atoms with van der Waals surface area (Å²) in [5.41, 5.74) is 4.68. The number of aliphatic hydroxyl groups is 1. The molecule has 4 heterocycles. The molecule has 8 heteroatoms. The third-order valence-electron chi connectivity index (χ3n) is 8.26. The van der Waals surface area contributed by atoms with Crippen molar-refractivity contribution in [3.05, 3.63) is 87.6 Å². The molecule has 0 radical (unpaired) electrons. The molecule has 2 aliphatic rings. The summed E-state index contributed by atoms with van der Waals surface area (Å²) in [7, 11) is 0. The molecule has 198 valence electrons. The van der Waals surface area contributed by atoms with Crippen LogP contribution in [-0.4, -0.2) is 70.1 Å². The predicted molar refractivity (Wildman–Crippen MR) is 148 cm³/mol. The monoisotopic (exact) mass is 532 g/mol. The van der Waals surface area contributed by atoms with Crippen molar-refractivity contribution in [2.75, 3.05) is 39.3 Å². The summed E-state index contributed by atoms with van der Waals surface area (Å²) in [4.78, 5) is 26.2. The van der Waals surface area contributed by atoms with E-state index >= 15 is 0 Å². The summed E-state index contributed by atoms with van der Waals surface area (Å²) in [6.45, 7) is 4.44. The maximum Gasteiger partial charge on any atom is 0.256 e. The molecule has 2 aliphatic heterocycles. The smallest absolute Gasteiger partial charge is 0.256 e. The summed E-state index contributed by atoms with van der Waals surface area (Å²) in [6.07, 6.45) is 2.58. The van der Waals surface area contributed by atoms with Crippen LogP contribution in [0.1, 0.15) is 52.0 Å². The van der Waals surface area contributed by atoms with E-state index in [9.17, 15) is 14.3 Å². The number of halogens is 1. The summed E-state index contributed by atoms with van der Waals surface area (Å²) < 4.78 is 13.4. The molecule has 2 saturated heterocycles. The van der Waals surface area contributed by atoms with E-state index in [1.807, 2.05) is 35.2 Å². The quantitative estimate of drug-likeness (QED) is 0.350. The number of aromatic amines is 1. The van der Waals surface area contributed by atoms with Gasteiger partial charge in [0.2, 0.25) is 0 Å². The number of para-hydroxylation sites is 1. The summed E-state index contributed by atoms with van der Waals surface area (Å²) >= 11 is 1.71. The first-order valence-corrected chi connectivity index (χ1v) is 14.4. The topological polar surface area (TPSA) is 72.5 Å². The van der Waals surface area contributed by atoms with E-state index < -0.39 is 0 Å². The highest BCUT2D eigenvalue weighted by atomic mass is 32.1. The van der Waals surface area contributed by atoms with E-state index in [1.165, 1.54) is 11.1 Å². The molecule has 2 aromatic carbocycles. The van der Waals surface area contributed by atoms with Gasteiger partial charge >= 0.3 is 0 Å². The van der Waals surface area contributed by atoms with E-state index in [2.05, 4.69) is 31.7 Å². The molecule has 0 spiro atoms. The molecular weight excluding hydrogens is 499 g/mol. The van der Waals surface area contributed by atoms with Gasteiger partial charge in [-0.1, -0.05) is 18.2 Å². The highest BCUT2D eigenvalue weighted by Crippen LogP contribution is 2.37. The van der Waals surface area contributed by atoms with Crippen LogP contribution < -0.4 is 0 Å². The van der Waals surface area contributed by atoms with Crippen LogP contribution in [-0.2, 0) is 6.42 Å². The lowest BCUT2D eigenvalue weighted by Gasteiger charge is -2.34. The molecule has 0 bridgehead atoms. The number of nitrogens with zero attached hydrogens (tertiary/aromatic N) is 3. The molecule has 0 unspecified atom stereocenters. The zero-order valence-electron chi connectivity index (χ0n) is 21.4. The lowest BCUT2D eigenvalue weighted by molar-refractivity contribution is 0.0783. The highest BCUT2D eigenvalue weighted by Gasteiger charge is 2.38. The van der Waals surface area contributed by atoms with Crippen LogP contribution in [0.25, 0.3) is 11.0 Å². The van der Waals surface area contributed by atoms with Crippen molar-refractivity contribution in [1.29, 1.82) is 0 Å². The molecule has 2 atom stereocenters. The number of hydrogen-bond acceptors (Lipinski definition) is 5. The second-order valence-electron chi connectivity index (χ2n) is 10.6. The van der Waals surface area contributed by atoms with Crippen molar-refractivity contribution in [2.24, 2.45) is 5.92 Å². The van der Waals surface area contributed by atoms with Crippen molar-refractivity contribution >= 4 is 28.3 Å². The SMILES string of the molecule is O=C(c1cccc2[nH]c(CCO)nc12)N1C[C@@H](CN2CCC(c3ccc(F)cc3)CC2)[C@H](c2ccsc2)C1. The van der Waals surface area contributed by atoms with Gasteiger partial charge < -0.3 is 19.9 Å². The average Bonchev–Trinajstić information content (AvgIpc) is 3.69. The minimum atomic E-state index is -0.180. The van der Waals surface area contributed by atoms with E-state index in [0.717, 1.165) is 44.5 Å². The van der Waals surface area contributed by atoms with Gasteiger partial charge in [-0.05, 0) is 90.0 Å². The third-order valence-corrected chi connectivity index (χ3v) is 8.96. The fourth-order valence-electron chi connectivity index (χ4n) is 6.25. The highest BCUT2D eigenvalue weighted by molar-refractivity contribution is 7.08. The number of thiophene rings is 1. The summed E-state index contributed by atoms with van der Waals surface area (Å²) in [5.74, 6) is 1.69. The number of benzene rings is 2. The van der Waals surface area contributed by atoms with Gasteiger partial charge in [0.15, 0.2) is 0 Å². The molecule has 2 fully saturated rings. The molecule has 38 heavy (non-hydrogen) atoms. The normalized spacial score (nSPS) is 20.9. The lowest BCUT2D eigenvalue weighted by atomic mass is 9.87. The van der Waals surface area contributed by atoms with Crippen LogP contribution in [0.4, 0.5) is 4.39 Å². The number of rotatable bonds is 7. The fourth-order valence-corrected chi connectivity index (χ4v) is 6.98. The third kappa shape index (κ3) is 5.13. The molecule has 6 rings (SSSR count). The molecule has 2 aromatic heterocycles. The zero-order valence-corrected chi connectivity index (χ0v) is 22.2. The number of amides is 1. The van der Waals surface area contributed by atoms with Crippen LogP contribution >= 0.6 is 11.3 Å². The Bertz CT molecular complexity index is 1380. The number of H-pyrrole nitrogens is 1.